The largest absolute Gasteiger partial charge is 0.424 e. The highest BCUT2D eigenvalue weighted by atomic mass is 16.5. The van der Waals surface area contributed by atoms with Crippen molar-refractivity contribution in [2.45, 2.75) is 13.3 Å². The summed E-state index contributed by atoms with van der Waals surface area (Å²) in [6.07, 6.45) is 3.98. The van der Waals surface area contributed by atoms with Crippen LogP contribution in [0.25, 0.3) is 0 Å². The number of rotatable bonds is 5. The number of benzene rings is 2. The van der Waals surface area contributed by atoms with Gasteiger partial charge < -0.3 is 10.1 Å². The van der Waals surface area contributed by atoms with Crippen molar-refractivity contribution >= 4 is 11.6 Å². The minimum absolute atomic E-state index is 0.196. The summed E-state index contributed by atoms with van der Waals surface area (Å²) in [6, 6.07) is 17.0. The van der Waals surface area contributed by atoms with Gasteiger partial charge in [-0.25, -0.2) is 9.97 Å². The molecule has 0 aliphatic heterocycles. The maximum atomic E-state index is 12.2. The summed E-state index contributed by atoms with van der Waals surface area (Å²) >= 11 is 0. The summed E-state index contributed by atoms with van der Waals surface area (Å²) in [6.45, 7) is 2.07. The van der Waals surface area contributed by atoms with Gasteiger partial charge in [0.1, 0.15) is 5.75 Å². The van der Waals surface area contributed by atoms with E-state index < -0.39 is 0 Å². The molecule has 3 rings (SSSR count). The molecule has 0 atom stereocenters. The number of carbonyl (C=O) groups excluding carboxylic acids is 1. The summed E-state index contributed by atoms with van der Waals surface area (Å²) in [5, 5.41) is 2.77. The van der Waals surface area contributed by atoms with Crippen LogP contribution in [0.2, 0.25) is 0 Å². The van der Waals surface area contributed by atoms with Crippen molar-refractivity contribution in [3.8, 4) is 11.8 Å². The fraction of sp³-hybridized carbons (Fsp3) is 0.105. The highest BCUT2D eigenvalue weighted by molar-refractivity contribution is 6.04. The third-order valence-electron chi connectivity index (χ3n) is 3.46. The van der Waals surface area contributed by atoms with E-state index in [1.54, 1.807) is 0 Å². The van der Waals surface area contributed by atoms with Gasteiger partial charge in [-0.1, -0.05) is 37.3 Å². The van der Waals surface area contributed by atoms with E-state index in [9.17, 15) is 4.79 Å². The van der Waals surface area contributed by atoms with E-state index in [-0.39, 0.29) is 11.9 Å². The maximum Gasteiger partial charge on any atom is 0.322 e. The van der Waals surface area contributed by atoms with Crippen LogP contribution in [-0.2, 0) is 6.42 Å². The SMILES string of the molecule is CCc1ccc(C(=O)Nc2cnc(Oc3ccccc3)nc2)cc1. The van der Waals surface area contributed by atoms with Gasteiger partial charge in [0.2, 0.25) is 0 Å². The number of anilines is 1. The molecule has 1 N–H and O–H groups in total. The summed E-state index contributed by atoms with van der Waals surface area (Å²) in [4.78, 5) is 20.4. The third-order valence-corrected chi connectivity index (χ3v) is 3.46. The number of nitrogens with zero attached hydrogens (tertiary/aromatic N) is 2. The molecule has 24 heavy (non-hydrogen) atoms. The topological polar surface area (TPSA) is 64.1 Å². The predicted octanol–water partition coefficient (Wildman–Crippen LogP) is 4.08. The first-order valence-corrected chi connectivity index (χ1v) is 7.70. The molecule has 0 aliphatic carbocycles. The summed E-state index contributed by atoms with van der Waals surface area (Å²) in [5.74, 6) is 0.461. The molecule has 0 bridgehead atoms. The zero-order valence-corrected chi connectivity index (χ0v) is 13.3. The molecule has 0 radical (unpaired) electrons. The number of nitrogens with one attached hydrogen (secondary N) is 1. The highest BCUT2D eigenvalue weighted by Crippen LogP contribution is 2.17. The fourth-order valence-corrected chi connectivity index (χ4v) is 2.12. The molecular weight excluding hydrogens is 302 g/mol. The first-order valence-electron chi connectivity index (χ1n) is 7.70. The first kappa shape index (κ1) is 15.7. The number of hydrogen-bond donors (Lipinski definition) is 1. The van der Waals surface area contributed by atoms with Gasteiger partial charge in [0.25, 0.3) is 5.91 Å². The van der Waals surface area contributed by atoms with Gasteiger partial charge in [-0.2, -0.15) is 0 Å². The number of ether oxygens (including phenoxy) is 1. The van der Waals surface area contributed by atoms with Crippen LogP contribution in [0.5, 0.6) is 11.8 Å². The molecule has 0 fully saturated rings. The molecule has 3 aromatic rings. The van der Waals surface area contributed by atoms with E-state index in [4.69, 9.17) is 4.74 Å². The van der Waals surface area contributed by atoms with Crippen LogP contribution < -0.4 is 10.1 Å². The average molecular weight is 319 g/mol. The van der Waals surface area contributed by atoms with Crippen LogP contribution in [-0.4, -0.2) is 15.9 Å². The van der Waals surface area contributed by atoms with Crippen LogP contribution in [0.15, 0.2) is 67.0 Å². The average Bonchev–Trinajstić information content (AvgIpc) is 2.64. The van der Waals surface area contributed by atoms with Crippen molar-refractivity contribution in [2.75, 3.05) is 5.32 Å². The van der Waals surface area contributed by atoms with Gasteiger partial charge in [-0.05, 0) is 36.2 Å². The third kappa shape index (κ3) is 3.95. The van der Waals surface area contributed by atoms with Crippen LogP contribution in [0.1, 0.15) is 22.8 Å². The minimum atomic E-state index is -0.196. The maximum absolute atomic E-state index is 12.2. The lowest BCUT2D eigenvalue weighted by Gasteiger charge is -2.07. The van der Waals surface area contributed by atoms with Gasteiger partial charge in [0.15, 0.2) is 0 Å². The van der Waals surface area contributed by atoms with E-state index in [2.05, 4.69) is 22.2 Å². The van der Waals surface area contributed by atoms with Crippen molar-refractivity contribution in [1.29, 1.82) is 0 Å². The van der Waals surface area contributed by atoms with Crippen molar-refractivity contribution in [3.63, 3.8) is 0 Å². The van der Waals surface area contributed by atoms with Crippen molar-refractivity contribution in [2.24, 2.45) is 0 Å². The van der Waals surface area contributed by atoms with Gasteiger partial charge >= 0.3 is 6.01 Å². The van der Waals surface area contributed by atoms with Crippen LogP contribution in [0.3, 0.4) is 0 Å². The molecule has 2 aromatic carbocycles. The predicted molar refractivity (Wildman–Crippen MR) is 92.3 cm³/mol. The normalized spacial score (nSPS) is 10.2. The Bertz CT molecular complexity index is 800. The number of carbonyl (C=O) groups is 1. The van der Waals surface area contributed by atoms with Gasteiger partial charge in [-0.3, -0.25) is 4.79 Å². The van der Waals surface area contributed by atoms with Crippen LogP contribution >= 0.6 is 0 Å². The second-order valence-electron chi connectivity index (χ2n) is 5.17. The molecule has 0 spiro atoms. The second kappa shape index (κ2) is 7.37. The van der Waals surface area contributed by atoms with Crippen LogP contribution in [0.4, 0.5) is 5.69 Å². The second-order valence-corrected chi connectivity index (χ2v) is 5.17. The number of para-hydroxylation sites is 1. The highest BCUT2D eigenvalue weighted by Gasteiger charge is 2.07. The molecule has 0 saturated carbocycles. The number of hydrogen-bond acceptors (Lipinski definition) is 4. The Morgan fingerprint density at radius 1 is 1.00 bits per heavy atom. The molecule has 5 heteroatoms. The molecule has 5 nitrogen and oxygen atoms in total. The molecule has 0 aliphatic rings. The lowest BCUT2D eigenvalue weighted by atomic mass is 10.1. The minimum Gasteiger partial charge on any atom is -0.424 e. The lowest BCUT2D eigenvalue weighted by Crippen LogP contribution is -2.12. The van der Waals surface area contributed by atoms with Gasteiger partial charge in [0.05, 0.1) is 18.1 Å². The summed E-state index contributed by atoms with van der Waals surface area (Å²) in [7, 11) is 0. The number of aromatic nitrogens is 2. The Morgan fingerprint density at radius 2 is 1.67 bits per heavy atom. The van der Waals surface area contributed by atoms with E-state index in [1.807, 2.05) is 54.6 Å². The quantitative estimate of drug-likeness (QED) is 0.769. The van der Waals surface area contributed by atoms with E-state index in [1.165, 1.54) is 18.0 Å². The molecule has 0 saturated heterocycles. The Labute approximate surface area is 140 Å². The molecule has 1 aromatic heterocycles. The summed E-state index contributed by atoms with van der Waals surface area (Å²) in [5.41, 5.74) is 2.30. The van der Waals surface area contributed by atoms with E-state index in [0.717, 1.165) is 6.42 Å². The molecular formula is C19H17N3O2. The molecule has 0 unspecified atom stereocenters. The Hall–Kier alpha value is -3.21. The standard InChI is InChI=1S/C19H17N3O2/c1-2-14-8-10-15(11-9-14)18(23)22-16-12-20-19(21-13-16)24-17-6-4-3-5-7-17/h3-13H,2H2,1H3,(H,22,23). The smallest absolute Gasteiger partial charge is 0.322 e. The number of aryl methyl sites for hydroxylation is 1. The summed E-state index contributed by atoms with van der Waals surface area (Å²) < 4.78 is 5.51. The Morgan fingerprint density at radius 3 is 2.29 bits per heavy atom. The Kier molecular flexibility index (Phi) is 4.81. The molecule has 120 valence electrons. The van der Waals surface area contributed by atoms with E-state index >= 15 is 0 Å². The lowest BCUT2D eigenvalue weighted by molar-refractivity contribution is 0.102. The van der Waals surface area contributed by atoms with Crippen molar-refractivity contribution < 1.29 is 9.53 Å². The first-order chi connectivity index (χ1) is 11.7. The zero-order valence-electron chi connectivity index (χ0n) is 13.3. The van der Waals surface area contributed by atoms with E-state index in [0.29, 0.717) is 17.0 Å². The zero-order chi connectivity index (χ0) is 16.8. The van der Waals surface area contributed by atoms with Gasteiger partial charge in [-0.15, -0.1) is 0 Å². The molecule has 1 amide bonds. The van der Waals surface area contributed by atoms with Crippen LogP contribution in [0, 0.1) is 0 Å². The Balaban J connectivity index is 1.64. The van der Waals surface area contributed by atoms with Gasteiger partial charge in [0, 0.05) is 5.56 Å². The molecule has 1 heterocycles. The monoisotopic (exact) mass is 319 g/mol. The number of amides is 1. The van der Waals surface area contributed by atoms with Crippen molar-refractivity contribution in [3.05, 3.63) is 78.1 Å². The van der Waals surface area contributed by atoms with Crippen molar-refractivity contribution in [1.82, 2.24) is 9.97 Å². The fourth-order valence-electron chi connectivity index (χ4n) is 2.12.